The van der Waals surface area contributed by atoms with Crippen LogP contribution in [-0.2, 0) is 33.1 Å². The molecule has 0 atom stereocenters. The fraction of sp³-hybridized carbons (Fsp3) is 0.538. The van der Waals surface area contributed by atoms with Gasteiger partial charge in [0.15, 0.2) is 11.5 Å². The third-order valence-electron chi connectivity index (χ3n) is 11.4. The molecular weight excluding hydrogens is 889 g/mol. The maximum absolute atomic E-state index is 12.1. The summed E-state index contributed by atoms with van der Waals surface area (Å²) in [7, 11) is -9.34. The summed E-state index contributed by atoms with van der Waals surface area (Å²) >= 11 is 0. The predicted molar refractivity (Wildman–Crippen MR) is 260 cm³/mol. The van der Waals surface area contributed by atoms with Crippen LogP contribution in [0.5, 0.6) is 34.5 Å². The minimum atomic E-state index is -4.82. The zero-order valence-electron chi connectivity index (χ0n) is 39.2. The predicted octanol–water partition coefficient (Wildman–Crippen LogP) is 14.0. The molecule has 4 rings (SSSR count). The quantitative estimate of drug-likeness (QED) is 0.0272. The van der Waals surface area contributed by atoms with E-state index in [4.69, 9.17) is 14.0 Å². The van der Waals surface area contributed by atoms with E-state index in [1.807, 2.05) is 24.3 Å². The molecule has 0 fully saturated rings. The van der Waals surface area contributed by atoms with Gasteiger partial charge in [0, 0.05) is 0 Å². The summed E-state index contributed by atoms with van der Waals surface area (Å²) in [6.45, 7) is 4.51. The zero-order chi connectivity index (χ0) is 46.5. The van der Waals surface area contributed by atoms with Crippen molar-refractivity contribution in [1.82, 2.24) is 0 Å². The van der Waals surface area contributed by atoms with Crippen molar-refractivity contribution in [2.45, 2.75) is 191 Å². The number of hydrogen-bond donors (Lipinski definition) is 2. The number of ether oxygens (including phenoxy) is 2. The van der Waals surface area contributed by atoms with E-state index in [0.717, 1.165) is 37.8 Å². The van der Waals surface area contributed by atoms with Crippen molar-refractivity contribution >= 4 is 58.0 Å². The van der Waals surface area contributed by atoms with Crippen molar-refractivity contribution in [1.29, 1.82) is 0 Å². The minimum absolute atomic E-state index is 0. The third kappa shape index (κ3) is 24.7. The SMILES string of the molecule is CCCCCCCCCCCCCCc1ccc(Oc2cccc(S(=O)(=O)O)c2O)cc1.CCCCCCCCCCCCCCc1ccc(Oc2cccc(S(=O)(=O)[O-])c2[O-])cc1.[Ca+2]. The van der Waals surface area contributed by atoms with E-state index in [0.29, 0.717) is 11.5 Å². The molecule has 4 aromatic carbocycles. The van der Waals surface area contributed by atoms with Crippen molar-refractivity contribution in [2.75, 3.05) is 0 Å². The topological polar surface area (TPSA) is 173 Å². The molecule has 0 spiro atoms. The summed E-state index contributed by atoms with van der Waals surface area (Å²) in [6.07, 6.45) is 33.9. The molecule has 356 valence electrons. The van der Waals surface area contributed by atoms with Gasteiger partial charge in [0.05, 0.1) is 4.90 Å². The molecule has 0 saturated carbocycles. The van der Waals surface area contributed by atoms with Gasteiger partial charge in [0.25, 0.3) is 10.1 Å². The Labute approximate surface area is 421 Å². The van der Waals surface area contributed by atoms with Gasteiger partial charge in [-0.25, -0.2) is 8.42 Å². The Morgan fingerprint density at radius 1 is 0.462 bits per heavy atom. The van der Waals surface area contributed by atoms with Crippen molar-refractivity contribution < 1.29 is 45.6 Å². The Balaban J connectivity index is 0.000000440. The van der Waals surface area contributed by atoms with Crippen molar-refractivity contribution in [3.05, 3.63) is 96.1 Å². The van der Waals surface area contributed by atoms with Crippen molar-refractivity contribution in [3.8, 4) is 34.5 Å². The van der Waals surface area contributed by atoms with Crippen molar-refractivity contribution in [3.63, 3.8) is 0 Å². The molecule has 13 heteroatoms. The van der Waals surface area contributed by atoms with Crippen LogP contribution in [0.2, 0.25) is 0 Å². The first-order chi connectivity index (χ1) is 30.8. The number of phenolic OH excluding ortho intramolecular Hbond substituents is 1. The first-order valence-electron chi connectivity index (χ1n) is 23.9. The number of para-hydroxylation sites is 2. The second-order valence-corrected chi connectivity index (χ2v) is 19.6. The molecule has 2 N–H and O–H groups in total. The summed E-state index contributed by atoms with van der Waals surface area (Å²) in [6, 6.07) is 22.6. The average molecular weight is 963 g/mol. The van der Waals surface area contributed by atoms with Crippen LogP contribution in [0.3, 0.4) is 0 Å². The smallest absolute Gasteiger partial charge is 0.869 e. The van der Waals surface area contributed by atoms with E-state index in [1.165, 1.54) is 177 Å². The van der Waals surface area contributed by atoms with E-state index in [2.05, 4.69) is 13.8 Å². The molecule has 0 aromatic heterocycles. The van der Waals surface area contributed by atoms with Gasteiger partial charge >= 0.3 is 37.7 Å². The molecule has 0 heterocycles. The fourth-order valence-electron chi connectivity index (χ4n) is 7.61. The van der Waals surface area contributed by atoms with Crippen LogP contribution in [0.25, 0.3) is 0 Å². The standard InChI is InChI=1S/2C26H38O5S.Ca/c2*1-2-3-4-5-6-7-8-9-10-11-12-13-15-22-18-20-23(21-19-22)31-24-16-14-17-25(26(24)27)32(28,29)30;/h2*14,16-21,27H,2-13,15H2,1H3,(H,28,29,30);/q;;+2/p-2. The fourth-order valence-corrected chi connectivity index (χ4v) is 8.78. The van der Waals surface area contributed by atoms with Gasteiger partial charge in [-0.05, 0) is 91.1 Å². The van der Waals surface area contributed by atoms with E-state index >= 15 is 0 Å². The van der Waals surface area contributed by atoms with E-state index in [-0.39, 0.29) is 49.2 Å². The largest absolute Gasteiger partial charge is 2.00 e. The molecule has 0 aliphatic heterocycles. The normalized spacial score (nSPS) is 11.4. The Morgan fingerprint density at radius 3 is 1.14 bits per heavy atom. The first kappa shape index (κ1) is 58.3. The molecular formula is C52H74CaO10S2. The summed E-state index contributed by atoms with van der Waals surface area (Å²) in [4.78, 5) is -1.36. The monoisotopic (exact) mass is 962 g/mol. The second kappa shape index (κ2) is 33.6. The summed E-state index contributed by atoms with van der Waals surface area (Å²) in [5.74, 6) is -0.782. The molecule has 0 bridgehead atoms. The molecule has 10 nitrogen and oxygen atoms in total. The molecule has 4 aromatic rings. The van der Waals surface area contributed by atoms with Crippen LogP contribution in [0, 0.1) is 0 Å². The van der Waals surface area contributed by atoms with E-state index in [1.54, 1.807) is 24.3 Å². The van der Waals surface area contributed by atoms with Crippen LogP contribution in [0.4, 0.5) is 0 Å². The number of hydrogen-bond acceptors (Lipinski definition) is 9. The Kier molecular flexibility index (Phi) is 30.1. The van der Waals surface area contributed by atoms with Gasteiger partial charge in [-0.3, -0.25) is 4.55 Å². The van der Waals surface area contributed by atoms with Gasteiger partial charge in [-0.2, -0.15) is 8.42 Å². The molecule has 0 aliphatic rings. The van der Waals surface area contributed by atoms with E-state index < -0.39 is 41.5 Å². The first-order valence-corrected chi connectivity index (χ1v) is 26.8. The summed E-state index contributed by atoms with van der Waals surface area (Å²) in [5.41, 5.74) is 2.42. The Morgan fingerprint density at radius 2 is 0.785 bits per heavy atom. The number of aromatic hydroxyl groups is 1. The number of phenols is 1. The number of benzene rings is 4. The summed E-state index contributed by atoms with van der Waals surface area (Å²) in [5, 5.41) is 22.2. The number of rotatable bonds is 32. The van der Waals surface area contributed by atoms with E-state index in [9.17, 15) is 31.6 Å². The number of aryl methyl sites for hydroxylation is 2. The molecule has 0 unspecified atom stereocenters. The van der Waals surface area contributed by atoms with Gasteiger partial charge in [0.1, 0.15) is 32.3 Å². The maximum atomic E-state index is 12.1. The molecule has 0 saturated heterocycles. The van der Waals surface area contributed by atoms with Crippen LogP contribution in [0.1, 0.15) is 179 Å². The Hall–Kier alpha value is -2.84. The van der Waals surface area contributed by atoms with Gasteiger partial charge in [0.2, 0.25) is 0 Å². The van der Waals surface area contributed by atoms with Crippen LogP contribution >= 0.6 is 0 Å². The van der Waals surface area contributed by atoms with Crippen LogP contribution in [0.15, 0.2) is 94.7 Å². The zero-order valence-corrected chi connectivity index (χ0v) is 43.0. The average Bonchev–Trinajstić information content (AvgIpc) is 3.26. The minimum Gasteiger partial charge on any atom is -0.869 e. The van der Waals surface area contributed by atoms with Crippen molar-refractivity contribution in [2.24, 2.45) is 0 Å². The van der Waals surface area contributed by atoms with Crippen LogP contribution in [-0.4, -0.2) is 68.8 Å². The molecule has 0 radical (unpaired) electrons. The van der Waals surface area contributed by atoms with Gasteiger partial charge in [-0.1, -0.05) is 192 Å². The molecule has 0 aliphatic carbocycles. The number of unbranched alkanes of at least 4 members (excludes halogenated alkanes) is 22. The maximum Gasteiger partial charge on any atom is 2.00 e. The Bertz CT molecular complexity index is 1940. The van der Waals surface area contributed by atoms with Crippen LogP contribution < -0.4 is 14.6 Å². The van der Waals surface area contributed by atoms with Gasteiger partial charge < -0.3 is 24.2 Å². The second-order valence-electron chi connectivity index (χ2n) is 16.9. The molecule has 65 heavy (non-hydrogen) atoms. The van der Waals surface area contributed by atoms with Gasteiger partial charge in [-0.15, -0.1) is 0 Å². The third-order valence-corrected chi connectivity index (χ3v) is 13.1. The molecule has 0 amide bonds. The summed E-state index contributed by atoms with van der Waals surface area (Å²) < 4.78 is 76.3.